The highest BCUT2D eigenvalue weighted by Crippen LogP contribution is 2.53. The Balaban J connectivity index is 1.57. The standard InChI is InChI=1S/C35H25ClN2S/c1-22-11-14-24(15-12-22)27-21-28(25-16-18-26(36)19-17-25)37-35-31(20-13-23(2)34(27)35)38-29-7-3-5-9-32(29)39-33-10-6-4-8-30(33)38/h3-21H,1-2H3. The minimum atomic E-state index is 0.717. The third-order valence-corrected chi connectivity index (χ3v) is 8.71. The van der Waals surface area contributed by atoms with E-state index < -0.39 is 0 Å². The van der Waals surface area contributed by atoms with Crippen molar-refractivity contribution < 1.29 is 0 Å². The van der Waals surface area contributed by atoms with E-state index in [0.717, 1.165) is 22.5 Å². The second-order valence-corrected chi connectivity index (χ2v) is 11.4. The number of para-hydroxylation sites is 2. The zero-order valence-electron chi connectivity index (χ0n) is 21.7. The van der Waals surface area contributed by atoms with Gasteiger partial charge >= 0.3 is 0 Å². The molecule has 5 aromatic carbocycles. The highest BCUT2D eigenvalue weighted by molar-refractivity contribution is 7.99. The minimum absolute atomic E-state index is 0.717. The molecular formula is C35H25ClN2S. The molecule has 0 amide bonds. The Kier molecular flexibility index (Phi) is 5.92. The van der Waals surface area contributed by atoms with Crippen LogP contribution in [0.15, 0.2) is 125 Å². The van der Waals surface area contributed by atoms with Crippen LogP contribution >= 0.6 is 23.4 Å². The first-order chi connectivity index (χ1) is 19.1. The number of aryl methyl sites for hydroxylation is 2. The second-order valence-electron chi connectivity index (χ2n) is 9.93. The van der Waals surface area contributed by atoms with Crippen molar-refractivity contribution in [1.82, 2.24) is 4.98 Å². The number of aromatic nitrogens is 1. The van der Waals surface area contributed by atoms with Gasteiger partial charge in [0.2, 0.25) is 0 Å². The van der Waals surface area contributed by atoms with Gasteiger partial charge in [-0.15, -0.1) is 0 Å². The first-order valence-corrected chi connectivity index (χ1v) is 14.2. The Bertz CT molecular complexity index is 1810. The lowest BCUT2D eigenvalue weighted by atomic mass is 9.94. The van der Waals surface area contributed by atoms with Crippen molar-refractivity contribution in [2.24, 2.45) is 0 Å². The SMILES string of the molecule is Cc1ccc(-c2cc(-c3ccc(Cl)cc3)nc3c(N4c5ccccc5Sc5ccccc54)ccc(C)c23)cc1. The molecule has 0 atom stereocenters. The van der Waals surface area contributed by atoms with Gasteiger partial charge < -0.3 is 4.90 Å². The molecular weight excluding hydrogens is 516 g/mol. The summed E-state index contributed by atoms with van der Waals surface area (Å²) < 4.78 is 0. The molecule has 0 bridgehead atoms. The van der Waals surface area contributed by atoms with Crippen molar-refractivity contribution in [2.45, 2.75) is 23.6 Å². The van der Waals surface area contributed by atoms with Gasteiger partial charge in [-0.25, -0.2) is 4.98 Å². The largest absolute Gasteiger partial charge is 0.306 e. The molecule has 7 rings (SSSR count). The smallest absolute Gasteiger partial charge is 0.0958 e. The first-order valence-electron chi connectivity index (χ1n) is 13.0. The monoisotopic (exact) mass is 540 g/mol. The molecule has 188 valence electrons. The number of hydrogen-bond donors (Lipinski definition) is 0. The zero-order chi connectivity index (χ0) is 26.5. The maximum Gasteiger partial charge on any atom is 0.0958 e. The van der Waals surface area contributed by atoms with Crippen LogP contribution in [0.3, 0.4) is 0 Å². The summed E-state index contributed by atoms with van der Waals surface area (Å²) in [6.07, 6.45) is 0. The van der Waals surface area contributed by atoms with Gasteiger partial charge in [-0.1, -0.05) is 95.7 Å². The highest BCUT2D eigenvalue weighted by atomic mass is 35.5. The maximum atomic E-state index is 6.25. The molecule has 0 fully saturated rings. The molecule has 39 heavy (non-hydrogen) atoms. The van der Waals surface area contributed by atoms with Crippen molar-refractivity contribution >= 4 is 51.3 Å². The molecule has 4 heteroatoms. The molecule has 1 aliphatic rings. The molecule has 2 heterocycles. The van der Waals surface area contributed by atoms with Crippen LogP contribution in [0.25, 0.3) is 33.3 Å². The Morgan fingerprint density at radius 1 is 0.641 bits per heavy atom. The van der Waals surface area contributed by atoms with Crippen molar-refractivity contribution in [3.8, 4) is 22.4 Å². The molecule has 0 unspecified atom stereocenters. The quantitative estimate of drug-likeness (QED) is 0.222. The van der Waals surface area contributed by atoms with E-state index in [1.165, 1.54) is 48.8 Å². The maximum absolute atomic E-state index is 6.25. The summed E-state index contributed by atoms with van der Waals surface area (Å²) in [5.74, 6) is 0. The van der Waals surface area contributed by atoms with Crippen LogP contribution < -0.4 is 4.90 Å². The topological polar surface area (TPSA) is 16.1 Å². The molecule has 0 aliphatic carbocycles. The van der Waals surface area contributed by atoms with Gasteiger partial charge in [0.1, 0.15) is 0 Å². The van der Waals surface area contributed by atoms with Crippen LogP contribution in [0.2, 0.25) is 5.02 Å². The van der Waals surface area contributed by atoms with Crippen LogP contribution in [0.4, 0.5) is 17.1 Å². The number of benzene rings is 5. The minimum Gasteiger partial charge on any atom is -0.306 e. The zero-order valence-corrected chi connectivity index (χ0v) is 23.2. The van der Waals surface area contributed by atoms with Gasteiger partial charge in [0.05, 0.1) is 28.3 Å². The number of anilines is 3. The van der Waals surface area contributed by atoms with Crippen LogP contribution in [0.1, 0.15) is 11.1 Å². The first kappa shape index (κ1) is 24.0. The van der Waals surface area contributed by atoms with Crippen molar-refractivity contribution in [3.63, 3.8) is 0 Å². The van der Waals surface area contributed by atoms with E-state index in [2.05, 4.69) is 110 Å². The Morgan fingerprint density at radius 2 is 1.26 bits per heavy atom. The van der Waals surface area contributed by atoms with Gasteiger partial charge in [0.15, 0.2) is 0 Å². The van der Waals surface area contributed by atoms with E-state index in [0.29, 0.717) is 5.02 Å². The van der Waals surface area contributed by atoms with E-state index in [4.69, 9.17) is 16.6 Å². The molecule has 0 N–H and O–H groups in total. The van der Waals surface area contributed by atoms with E-state index >= 15 is 0 Å². The predicted octanol–water partition coefficient (Wildman–Crippen LogP) is 10.8. The number of halogens is 1. The number of fused-ring (bicyclic) bond motifs is 3. The molecule has 0 spiro atoms. The summed E-state index contributed by atoms with van der Waals surface area (Å²) in [6.45, 7) is 4.31. The molecule has 0 radical (unpaired) electrons. The van der Waals surface area contributed by atoms with Crippen molar-refractivity contribution in [2.75, 3.05) is 4.90 Å². The van der Waals surface area contributed by atoms with Crippen LogP contribution in [0, 0.1) is 13.8 Å². The second kappa shape index (κ2) is 9.60. The summed E-state index contributed by atoms with van der Waals surface area (Å²) in [5.41, 5.74) is 11.2. The summed E-state index contributed by atoms with van der Waals surface area (Å²) >= 11 is 8.07. The molecule has 6 aromatic rings. The highest BCUT2D eigenvalue weighted by Gasteiger charge is 2.27. The van der Waals surface area contributed by atoms with E-state index in [1.54, 1.807) is 0 Å². The molecule has 0 saturated carbocycles. The molecule has 2 nitrogen and oxygen atoms in total. The Hall–Kier alpha value is -4.05. The van der Waals surface area contributed by atoms with Gasteiger partial charge in [-0.3, -0.25) is 0 Å². The van der Waals surface area contributed by atoms with Crippen LogP contribution in [-0.2, 0) is 0 Å². The third-order valence-electron chi connectivity index (χ3n) is 7.32. The summed E-state index contributed by atoms with van der Waals surface area (Å²) in [5, 5.41) is 1.89. The number of pyridine rings is 1. The molecule has 1 aliphatic heterocycles. The van der Waals surface area contributed by atoms with Crippen LogP contribution in [-0.4, -0.2) is 4.98 Å². The lowest BCUT2D eigenvalue weighted by Crippen LogP contribution is -2.15. The van der Waals surface area contributed by atoms with E-state index in [1.807, 2.05) is 36.0 Å². The van der Waals surface area contributed by atoms with Gasteiger partial charge in [-0.05, 0) is 79.1 Å². The number of nitrogens with zero attached hydrogens (tertiary/aromatic N) is 2. The lowest BCUT2D eigenvalue weighted by molar-refractivity contribution is 1.17. The average Bonchev–Trinajstić information content (AvgIpc) is 2.97. The Labute approximate surface area is 237 Å². The van der Waals surface area contributed by atoms with Crippen molar-refractivity contribution in [1.29, 1.82) is 0 Å². The molecule has 0 saturated heterocycles. The predicted molar refractivity (Wildman–Crippen MR) is 166 cm³/mol. The summed E-state index contributed by atoms with van der Waals surface area (Å²) in [6, 6.07) is 40.7. The van der Waals surface area contributed by atoms with Gasteiger partial charge in [-0.2, -0.15) is 0 Å². The van der Waals surface area contributed by atoms with Crippen LogP contribution in [0.5, 0.6) is 0 Å². The fourth-order valence-corrected chi connectivity index (χ4v) is 6.55. The van der Waals surface area contributed by atoms with E-state index in [-0.39, 0.29) is 0 Å². The average molecular weight is 541 g/mol. The summed E-state index contributed by atoms with van der Waals surface area (Å²) in [7, 11) is 0. The third kappa shape index (κ3) is 4.19. The Morgan fingerprint density at radius 3 is 1.92 bits per heavy atom. The number of hydrogen-bond acceptors (Lipinski definition) is 3. The van der Waals surface area contributed by atoms with E-state index in [9.17, 15) is 0 Å². The van der Waals surface area contributed by atoms with Crippen molar-refractivity contribution in [3.05, 3.63) is 131 Å². The number of rotatable bonds is 3. The fraction of sp³-hybridized carbons (Fsp3) is 0.0571. The fourth-order valence-electron chi connectivity index (χ4n) is 5.37. The normalized spacial score (nSPS) is 12.3. The summed E-state index contributed by atoms with van der Waals surface area (Å²) in [4.78, 5) is 10.2. The molecule has 1 aromatic heterocycles. The van der Waals surface area contributed by atoms with Gasteiger partial charge in [0, 0.05) is 25.8 Å². The lowest BCUT2D eigenvalue weighted by Gasteiger charge is -2.33. The van der Waals surface area contributed by atoms with Gasteiger partial charge in [0.25, 0.3) is 0 Å².